The van der Waals surface area contributed by atoms with Gasteiger partial charge in [-0.1, -0.05) is 24.6 Å². The van der Waals surface area contributed by atoms with Crippen molar-refractivity contribution in [3.05, 3.63) is 41.0 Å². The van der Waals surface area contributed by atoms with Gasteiger partial charge in [0.25, 0.3) is 0 Å². The maximum atomic E-state index is 12.6. The van der Waals surface area contributed by atoms with Crippen molar-refractivity contribution in [2.45, 2.75) is 45.4 Å². The fourth-order valence-electron chi connectivity index (χ4n) is 5.16. The summed E-state index contributed by atoms with van der Waals surface area (Å²) in [5.41, 5.74) is 4.21. The summed E-state index contributed by atoms with van der Waals surface area (Å²) in [4.78, 5) is 12.6. The van der Waals surface area contributed by atoms with Gasteiger partial charge in [-0.25, -0.2) is 0 Å². The SMILES string of the molecule is COc1ccc2c(c1)CC[C@H]1C3=C[C@H](C)C(=O)[C@@]3(C)CC[C@H]21. The number of allylic oxidation sites excluding steroid dienone is 2. The molecule has 2 heteroatoms. The molecule has 4 atom stereocenters. The average Bonchev–Trinajstić information content (AvgIpc) is 2.77. The Labute approximate surface area is 132 Å². The van der Waals surface area contributed by atoms with Crippen LogP contribution in [0.25, 0.3) is 0 Å². The fraction of sp³-hybridized carbons (Fsp3) is 0.550. The molecule has 0 radical (unpaired) electrons. The van der Waals surface area contributed by atoms with E-state index < -0.39 is 0 Å². The highest BCUT2D eigenvalue weighted by Crippen LogP contribution is 2.58. The monoisotopic (exact) mass is 296 g/mol. The van der Waals surface area contributed by atoms with Gasteiger partial charge in [0, 0.05) is 11.3 Å². The Morgan fingerprint density at radius 1 is 1.23 bits per heavy atom. The quantitative estimate of drug-likeness (QED) is 0.723. The van der Waals surface area contributed by atoms with Crippen molar-refractivity contribution in [1.29, 1.82) is 0 Å². The molecule has 3 aliphatic rings. The molecule has 0 amide bonds. The highest BCUT2D eigenvalue weighted by Gasteiger charge is 2.52. The number of ketones is 1. The van der Waals surface area contributed by atoms with E-state index in [4.69, 9.17) is 4.74 Å². The maximum absolute atomic E-state index is 12.6. The number of carbonyl (C=O) groups is 1. The molecule has 0 spiro atoms. The molecule has 2 nitrogen and oxygen atoms in total. The lowest BCUT2D eigenvalue weighted by Crippen LogP contribution is -2.38. The number of hydrogen-bond donors (Lipinski definition) is 0. The number of aryl methyl sites for hydroxylation is 1. The van der Waals surface area contributed by atoms with E-state index in [0.717, 1.165) is 25.0 Å². The average molecular weight is 296 g/mol. The predicted molar refractivity (Wildman–Crippen MR) is 87.1 cm³/mol. The molecule has 0 N–H and O–H groups in total. The Hall–Kier alpha value is -1.57. The van der Waals surface area contributed by atoms with Gasteiger partial charge in [0.2, 0.25) is 0 Å². The molecule has 0 aliphatic heterocycles. The van der Waals surface area contributed by atoms with Crippen LogP contribution in [0.4, 0.5) is 0 Å². The van der Waals surface area contributed by atoms with E-state index in [1.807, 2.05) is 0 Å². The molecule has 0 aromatic heterocycles. The zero-order valence-corrected chi connectivity index (χ0v) is 13.7. The van der Waals surface area contributed by atoms with E-state index in [1.165, 1.54) is 23.1 Å². The van der Waals surface area contributed by atoms with Crippen LogP contribution in [0.2, 0.25) is 0 Å². The maximum Gasteiger partial charge on any atom is 0.149 e. The molecule has 1 saturated carbocycles. The highest BCUT2D eigenvalue weighted by atomic mass is 16.5. The number of carbonyl (C=O) groups excluding carboxylic acids is 1. The van der Waals surface area contributed by atoms with Crippen LogP contribution < -0.4 is 4.74 Å². The molecule has 1 aromatic rings. The molecule has 0 heterocycles. The standard InChI is InChI=1S/C20H24O2/c1-12-10-18-17-6-4-13-11-14(22-3)5-7-15(13)16(17)8-9-20(18,2)19(12)21/h5,7,10-12,16-17H,4,6,8-9H2,1-3H3/t12-,16+,17+,20-/m0/s1. The van der Waals surface area contributed by atoms with Crippen LogP contribution in [0.3, 0.4) is 0 Å². The predicted octanol–water partition coefficient (Wildman–Crippen LogP) is 4.29. The molecular formula is C20H24O2. The molecule has 116 valence electrons. The van der Waals surface area contributed by atoms with Gasteiger partial charge < -0.3 is 4.74 Å². The number of Topliss-reactive ketones (excluding diaryl/α,β-unsaturated/α-hetero) is 1. The first-order valence-corrected chi connectivity index (χ1v) is 8.48. The van der Waals surface area contributed by atoms with Crippen molar-refractivity contribution in [3.8, 4) is 5.75 Å². The van der Waals surface area contributed by atoms with Crippen molar-refractivity contribution in [1.82, 2.24) is 0 Å². The number of ether oxygens (including phenoxy) is 1. The summed E-state index contributed by atoms with van der Waals surface area (Å²) in [6.07, 6.45) is 6.70. The van der Waals surface area contributed by atoms with E-state index in [-0.39, 0.29) is 11.3 Å². The van der Waals surface area contributed by atoms with Crippen molar-refractivity contribution in [2.24, 2.45) is 17.3 Å². The Bertz CT molecular complexity index is 672. The molecule has 3 aliphatic carbocycles. The minimum absolute atomic E-state index is 0.107. The van der Waals surface area contributed by atoms with Crippen molar-refractivity contribution < 1.29 is 9.53 Å². The van der Waals surface area contributed by atoms with Crippen LogP contribution in [0.15, 0.2) is 29.8 Å². The lowest BCUT2D eigenvalue weighted by atomic mass is 9.58. The first kappa shape index (κ1) is 14.0. The number of hydrogen-bond acceptors (Lipinski definition) is 2. The van der Waals surface area contributed by atoms with Crippen LogP contribution in [-0.4, -0.2) is 12.9 Å². The Kier molecular flexibility index (Phi) is 3.01. The molecule has 4 rings (SSSR count). The number of rotatable bonds is 1. The van der Waals surface area contributed by atoms with Crippen molar-refractivity contribution in [3.63, 3.8) is 0 Å². The van der Waals surface area contributed by atoms with Crippen LogP contribution >= 0.6 is 0 Å². The minimum Gasteiger partial charge on any atom is -0.497 e. The highest BCUT2D eigenvalue weighted by molar-refractivity contribution is 5.94. The molecular weight excluding hydrogens is 272 g/mol. The zero-order chi connectivity index (χ0) is 15.5. The second-order valence-corrected chi connectivity index (χ2v) is 7.46. The lowest BCUT2D eigenvalue weighted by molar-refractivity contribution is -0.128. The summed E-state index contributed by atoms with van der Waals surface area (Å²) in [5, 5.41) is 0. The Balaban J connectivity index is 1.74. The summed E-state index contributed by atoms with van der Waals surface area (Å²) in [7, 11) is 1.73. The van der Waals surface area contributed by atoms with Crippen LogP contribution in [0.1, 0.15) is 50.2 Å². The summed E-state index contributed by atoms with van der Waals surface area (Å²) in [6, 6.07) is 6.55. The molecule has 0 unspecified atom stereocenters. The number of methoxy groups -OCH3 is 1. The second-order valence-electron chi connectivity index (χ2n) is 7.46. The molecule has 1 aromatic carbocycles. The topological polar surface area (TPSA) is 26.3 Å². The van der Waals surface area contributed by atoms with E-state index in [2.05, 4.69) is 38.1 Å². The molecule has 22 heavy (non-hydrogen) atoms. The van der Waals surface area contributed by atoms with Gasteiger partial charge in [-0.3, -0.25) is 4.79 Å². The second kappa shape index (κ2) is 4.71. The molecule has 0 bridgehead atoms. The van der Waals surface area contributed by atoms with Gasteiger partial charge in [0.15, 0.2) is 0 Å². The first-order valence-electron chi connectivity index (χ1n) is 8.48. The summed E-state index contributed by atoms with van der Waals surface area (Å²) in [5.74, 6) is 2.67. The van der Waals surface area contributed by atoms with E-state index in [1.54, 1.807) is 7.11 Å². The Morgan fingerprint density at radius 2 is 2.05 bits per heavy atom. The lowest BCUT2D eigenvalue weighted by Gasteiger charge is -2.45. The van der Waals surface area contributed by atoms with Gasteiger partial charge >= 0.3 is 0 Å². The van der Waals surface area contributed by atoms with Crippen LogP contribution in [-0.2, 0) is 11.2 Å². The molecule has 1 fully saturated rings. The van der Waals surface area contributed by atoms with Gasteiger partial charge in [-0.15, -0.1) is 0 Å². The zero-order valence-electron chi connectivity index (χ0n) is 13.7. The third-order valence-electron chi connectivity index (χ3n) is 6.34. The van der Waals surface area contributed by atoms with Crippen molar-refractivity contribution >= 4 is 5.78 Å². The van der Waals surface area contributed by atoms with Crippen molar-refractivity contribution in [2.75, 3.05) is 7.11 Å². The van der Waals surface area contributed by atoms with Crippen LogP contribution in [0.5, 0.6) is 5.75 Å². The third-order valence-corrected chi connectivity index (χ3v) is 6.34. The molecule has 0 saturated heterocycles. The van der Waals surface area contributed by atoms with Gasteiger partial charge in [0.1, 0.15) is 11.5 Å². The smallest absolute Gasteiger partial charge is 0.149 e. The summed E-state index contributed by atoms with van der Waals surface area (Å²) >= 11 is 0. The van der Waals surface area contributed by atoms with E-state index in [0.29, 0.717) is 17.6 Å². The summed E-state index contributed by atoms with van der Waals surface area (Å²) in [6.45, 7) is 4.25. The largest absolute Gasteiger partial charge is 0.497 e. The number of benzene rings is 1. The first-order chi connectivity index (χ1) is 10.5. The fourth-order valence-corrected chi connectivity index (χ4v) is 5.16. The van der Waals surface area contributed by atoms with E-state index >= 15 is 0 Å². The van der Waals surface area contributed by atoms with Gasteiger partial charge in [-0.05, 0) is 67.7 Å². The van der Waals surface area contributed by atoms with Gasteiger partial charge in [-0.2, -0.15) is 0 Å². The summed E-state index contributed by atoms with van der Waals surface area (Å²) < 4.78 is 5.37. The van der Waals surface area contributed by atoms with E-state index in [9.17, 15) is 4.79 Å². The van der Waals surface area contributed by atoms with Crippen LogP contribution in [0, 0.1) is 17.3 Å². The van der Waals surface area contributed by atoms with Gasteiger partial charge in [0.05, 0.1) is 7.11 Å². The number of fused-ring (bicyclic) bond motifs is 5. The third kappa shape index (κ3) is 1.76. The minimum atomic E-state index is -0.176. The Morgan fingerprint density at radius 3 is 2.82 bits per heavy atom. The normalized spacial score (nSPS) is 36.2.